The van der Waals surface area contributed by atoms with E-state index in [-0.39, 0.29) is 11.2 Å². The Morgan fingerprint density at radius 1 is 1.36 bits per heavy atom. The maximum Gasteiger partial charge on any atom is 0.151 e. The third-order valence-corrected chi connectivity index (χ3v) is 4.38. The van der Waals surface area contributed by atoms with Gasteiger partial charge in [-0.15, -0.1) is 0 Å². The number of aromatic nitrogens is 2. The van der Waals surface area contributed by atoms with Crippen LogP contribution in [0, 0.1) is 17.6 Å². The zero-order valence-electron chi connectivity index (χ0n) is 12.5. The van der Waals surface area contributed by atoms with E-state index in [1.165, 1.54) is 29.7 Å². The number of rotatable bonds is 6. The fraction of sp³-hybridized carbons (Fsp3) is 0.438. The summed E-state index contributed by atoms with van der Waals surface area (Å²) in [5, 5.41) is 7.80. The second-order valence-corrected chi connectivity index (χ2v) is 6.10. The van der Waals surface area contributed by atoms with Crippen LogP contribution in [0.25, 0.3) is 5.69 Å². The Morgan fingerprint density at radius 2 is 2.14 bits per heavy atom. The first-order chi connectivity index (χ1) is 10.5. The zero-order chi connectivity index (χ0) is 15.7. The summed E-state index contributed by atoms with van der Waals surface area (Å²) >= 11 is 0. The van der Waals surface area contributed by atoms with Crippen LogP contribution in [-0.4, -0.2) is 21.9 Å². The molecular formula is C16H20F2N4. The molecule has 0 saturated heterocycles. The largest absolute Gasteiger partial charge is 0.329 e. The Hall–Kier alpha value is -1.79. The van der Waals surface area contributed by atoms with E-state index in [4.69, 9.17) is 5.73 Å². The molecule has 3 rings (SSSR count). The van der Waals surface area contributed by atoms with Gasteiger partial charge in [0.05, 0.1) is 5.69 Å². The third-order valence-electron chi connectivity index (χ3n) is 4.38. The van der Waals surface area contributed by atoms with Crippen molar-refractivity contribution in [3.63, 3.8) is 0 Å². The van der Waals surface area contributed by atoms with Crippen LogP contribution in [0.15, 0.2) is 30.5 Å². The molecule has 4 nitrogen and oxygen atoms in total. The fourth-order valence-corrected chi connectivity index (χ4v) is 2.65. The van der Waals surface area contributed by atoms with Gasteiger partial charge in [0.1, 0.15) is 11.5 Å². The summed E-state index contributed by atoms with van der Waals surface area (Å²) in [6.45, 7) is 3.27. The Balaban J connectivity index is 1.71. The van der Waals surface area contributed by atoms with Gasteiger partial charge in [0, 0.05) is 30.9 Å². The molecule has 1 heterocycles. The van der Waals surface area contributed by atoms with Crippen molar-refractivity contribution in [2.24, 2.45) is 11.7 Å². The van der Waals surface area contributed by atoms with Gasteiger partial charge in [-0.1, -0.05) is 0 Å². The highest BCUT2D eigenvalue weighted by Gasteiger charge is 2.40. The maximum atomic E-state index is 13.8. The molecule has 2 aromatic rings. The summed E-state index contributed by atoms with van der Waals surface area (Å²) in [5.74, 6) is -0.611. The molecule has 0 spiro atoms. The number of nitrogens with two attached hydrogens (primary N) is 1. The Kier molecular flexibility index (Phi) is 3.97. The number of hydrogen-bond acceptors (Lipinski definition) is 3. The minimum Gasteiger partial charge on any atom is -0.329 e. The molecule has 1 atom stereocenters. The standard InChI is InChI=1S/C16H20F2N4/c1-16(10-19,11-2-3-11)20-9-13-6-7-22(21-13)15-5-4-12(17)8-14(15)18/h4-8,11,20H,2-3,9-10,19H2,1H3. The van der Waals surface area contributed by atoms with Gasteiger partial charge in [-0.2, -0.15) is 5.10 Å². The number of nitrogens with zero attached hydrogens (tertiary/aromatic N) is 2. The van der Waals surface area contributed by atoms with Gasteiger partial charge in [-0.05, 0) is 43.9 Å². The van der Waals surface area contributed by atoms with Crippen LogP contribution in [0.2, 0.25) is 0 Å². The van der Waals surface area contributed by atoms with Crippen molar-refractivity contribution in [3.05, 3.63) is 47.8 Å². The molecule has 3 N–H and O–H groups in total. The average molecular weight is 306 g/mol. The van der Waals surface area contributed by atoms with Crippen LogP contribution >= 0.6 is 0 Å². The van der Waals surface area contributed by atoms with Gasteiger partial charge >= 0.3 is 0 Å². The van der Waals surface area contributed by atoms with E-state index in [1.54, 1.807) is 6.20 Å². The lowest BCUT2D eigenvalue weighted by molar-refractivity contribution is 0.315. The van der Waals surface area contributed by atoms with Crippen molar-refractivity contribution in [2.45, 2.75) is 31.8 Å². The van der Waals surface area contributed by atoms with E-state index in [0.717, 1.165) is 11.8 Å². The molecule has 1 saturated carbocycles. The first-order valence-corrected chi connectivity index (χ1v) is 7.47. The van der Waals surface area contributed by atoms with Crippen molar-refractivity contribution in [2.75, 3.05) is 6.54 Å². The van der Waals surface area contributed by atoms with Crippen molar-refractivity contribution in [1.29, 1.82) is 0 Å². The number of benzene rings is 1. The van der Waals surface area contributed by atoms with Crippen LogP contribution < -0.4 is 11.1 Å². The van der Waals surface area contributed by atoms with Crippen LogP contribution in [0.5, 0.6) is 0 Å². The summed E-state index contributed by atoms with van der Waals surface area (Å²) in [5.41, 5.74) is 6.82. The average Bonchev–Trinajstić information content (AvgIpc) is 3.25. The highest BCUT2D eigenvalue weighted by Crippen LogP contribution is 2.39. The van der Waals surface area contributed by atoms with Crippen molar-refractivity contribution in [3.8, 4) is 5.69 Å². The first-order valence-electron chi connectivity index (χ1n) is 7.47. The lowest BCUT2D eigenvalue weighted by atomic mass is 9.96. The molecule has 1 unspecified atom stereocenters. The molecule has 0 radical (unpaired) electrons. The van der Waals surface area contributed by atoms with Crippen LogP contribution in [0.4, 0.5) is 8.78 Å². The summed E-state index contributed by atoms with van der Waals surface area (Å²) in [6, 6.07) is 5.27. The lowest BCUT2D eigenvalue weighted by Gasteiger charge is -2.29. The SMILES string of the molecule is CC(CN)(NCc1ccn(-c2ccc(F)cc2F)n1)C1CC1. The third kappa shape index (κ3) is 3.03. The molecule has 1 aromatic heterocycles. The summed E-state index contributed by atoms with van der Waals surface area (Å²) < 4.78 is 28.1. The van der Waals surface area contributed by atoms with Crippen molar-refractivity contribution >= 4 is 0 Å². The van der Waals surface area contributed by atoms with E-state index in [2.05, 4.69) is 17.3 Å². The molecule has 0 aliphatic heterocycles. The van der Waals surface area contributed by atoms with E-state index in [9.17, 15) is 8.78 Å². The number of hydrogen-bond donors (Lipinski definition) is 2. The monoisotopic (exact) mass is 306 g/mol. The molecule has 1 aliphatic carbocycles. The van der Waals surface area contributed by atoms with Gasteiger partial charge < -0.3 is 11.1 Å². The highest BCUT2D eigenvalue weighted by atomic mass is 19.1. The zero-order valence-corrected chi connectivity index (χ0v) is 12.5. The Bertz CT molecular complexity index is 666. The molecule has 0 bridgehead atoms. The molecule has 0 amide bonds. The van der Waals surface area contributed by atoms with Crippen LogP contribution in [0.1, 0.15) is 25.5 Å². The van der Waals surface area contributed by atoms with E-state index >= 15 is 0 Å². The summed E-state index contributed by atoms with van der Waals surface area (Å²) in [4.78, 5) is 0. The summed E-state index contributed by atoms with van der Waals surface area (Å²) in [6.07, 6.45) is 4.08. The predicted molar refractivity (Wildman–Crippen MR) is 80.5 cm³/mol. The van der Waals surface area contributed by atoms with Gasteiger partial charge in [0.2, 0.25) is 0 Å². The van der Waals surface area contributed by atoms with Crippen molar-refractivity contribution in [1.82, 2.24) is 15.1 Å². The molecule has 1 fully saturated rings. The molecule has 1 aromatic carbocycles. The Labute approximate surface area is 128 Å². The maximum absolute atomic E-state index is 13.8. The summed E-state index contributed by atoms with van der Waals surface area (Å²) in [7, 11) is 0. The van der Waals surface area contributed by atoms with Gasteiger partial charge in [-0.3, -0.25) is 0 Å². The lowest BCUT2D eigenvalue weighted by Crippen LogP contribution is -2.50. The van der Waals surface area contributed by atoms with Gasteiger partial charge in [0.15, 0.2) is 5.82 Å². The highest BCUT2D eigenvalue weighted by molar-refractivity contribution is 5.33. The van der Waals surface area contributed by atoms with E-state index in [0.29, 0.717) is 19.0 Å². The second-order valence-electron chi connectivity index (χ2n) is 6.10. The molecular weight excluding hydrogens is 286 g/mol. The minimum absolute atomic E-state index is 0.0785. The number of nitrogens with one attached hydrogen (secondary N) is 1. The van der Waals surface area contributed by atoms with E-state index < -0.39 is 11.6 Å². The first kappa shape index (κ1) is 15.1. The molecule has 6 heteroatoms. The van der Waals surface area contributed by atoms with E-state index in [1.807, 2.05) is 6.07 Å². The van der Waals surface area contributed by atoms with Gasteiger partial charge in [0.25, 0.3) is 0 Å². The van der Waals surface area contributed by atoms with Crippen LogP contribution in [0.3, 0.4) is 0 Å². The Morgan fingerprint density at radius 3 is 2.77 bits per heavy atom. The topological polar surface area (TPSA) is 55.9 Å². The molecule has 1 aliphatic rings. The van der Waals surface area contributed by atoms with Crippen molar-refractivity contribution < 1.29 is 8.78 Å². The smallest absolute Gasteiger partial charge is 0.151 e. The second kappa shape index (κ2) is 5.78. The van der Waals surface area contributed by atoms with Crippen LogP contribution in [-0.2, 0) is 6.54 Å². The predicted octanol–water partition coefficient (Wildman–Crippen LogP) is 2.37. The minimum atomic E-state index is -0.632. The van der Waals surface area contributed by atoms with Gasteiger partial charge in [-0.25, -0.2) is 13.5 Å². The quantitative estimate of drug-likeness (QED) is 0.861. The normalized spacial score (nSPS) is 17.5. The number of halogens is 2. The molecule has 118 valence electrons. The fourth-order valence-electron chi connectivity index (χ4n) is 2.65. The molecule has 22 heavy (non-hydrogen) atoms.